The van der Waals surface area contributed by atoms with E-state index in [2.05, 4.69) is 27.2 Å². The van der Waals surface area contributed by atoms with E-state index in [1.807, 2.05) is 32.1 Å². The van der Waals surface area contributed by atoms with Gasteiger partial charge in [0.1, 0.15) is 11.3 Å². The number of carbonyl (C=O) groups is 1. The summed E-state index contributed by atoms with van der Waals surface area (Å²) in [6.07, 6.45) is 4.54. The summed E-state index contributed by atoms with van der Waals surface area (Å²) in [6.45, 7) is 5.40. The normalized spacial score (nSPS) is 17.5. The number of hydrogen-bond acceptors (Lipinski definition) is 5. The van der Waals surface area contributed by atoms with E-state index >= 15 is 0 Å². The number of carbonyl (C=O) groups excluding carboxylic acids is 1. The average Bonchev–Trinajstić information content (AvgIpc) is 3.21. The Kier molecular flexibility index (Phi) is 5.18. The summed E-state index contributed by atoms with van der Waals surface area (Å²) in [5, 5.41) is 4.02. The van der Waals surface area contributed by atoms with E-state index in [9.17, 15) is 4.79 Å². The molecule has 0 aromatic carbocycles. The SMILES string of the molecule is CCc1noc(C)c1C(=O)N1CCC[C@@H]1c1ccc(CN(C)C)cn1. The predicted molar refractivity (Wildman–Crippen MR) is 95.3 cm³/mol. The van der Waals surface area contributed by atoms with E-state index in [-0.39, 0.29) is 11.9 Å². The third-order valence-electron chi connectivity index (χ3n) is 4.68. The quantitative estimate of drug-likeness (QED) is 0.836. The van der Waals surface area contributed by atoms with E-state index in [4.69, 9.17) is 4.52 Å². The molecule has 1 atom stereocenters. The van der Waals surface area contributed by atoms with Gasteiger partial charge >= 0.3 is 0 Å². The van der Waals surface area contributed by atoms with Crippen molar-refractivity contribution >= 4 is 5.91 Å². The molecule has 0 unspecified atom stereocenters. The van der Waals surface area contributed by atoms with Gasteiger partial charge < -0.3 is 14.3 Å². The summed E-state index contributed by atoms with van der Waals surface area (Å²) >= 11 is 0. The highest BCUT2D eigenvalue weighted by Gasteiger charge is 2.34. The van der Waals surface area contributed by atoms with Crippen molar-refractivity contribution in [1.29, 1.82) is 0 Å². The second kappa shape index (κ2) is 7.35. The fourth-order valence-corrected chi connectivity index (χ4v) is 3.49. The van der Waals surface area contributed by atoms with Gasteiger partial charge in [-0.2, -0.15) is 0 Å². The second-order valence-electron chi connectivity index (χ2n) is 6.90. The largest absolute Gasteiger partial charge is 0.361 e. The molecule has 1 aliphatic heterocycles. The zero-order chi connectivity index (χ0) is 18.0. The Morgan fingerprint density at radius 3 is 2.84 bits per heavy atom. The highest BCUT2D eigenvalue weighted by atomic mass is 16.5. The third kappa shape index (κ3) is 3.58. The van der Waals surface area contributed by atoms with Gasteiger partial charge in [-0.1, -0.05) is 18.1 Å². The minimum atomic E-state index is 0.0114. The zero-order valence-corrected chi connectivity index (χ0v) is 15.5. The minimum absolute atomic E-state index is 0.0114. The smallest absolute Gasteiger partial charge is 0.259 e. The van der Waals surface area contributed by atoms with Crippen LogP contribution >= 0.6 is 0 Å². The summed E-state index contributed by atoms with van der Waals surface area (Å²) in [7, 11) is 4.08. The topological polar surface area (TPSA) is 62.5 Å². The van der Waals surface area contributed by atoms with E-state index in [0.29, 0.717) is 17.7 Å². The van der Waals surface area contributed by atoms with Crippen LogP contribution in [0.4, 0.5) is 0 Å². The van der Waals surface area contributed by atoms with E-state index in [0.717, 1.165) is 37.3 Å². The van der Waals surface area contributed by atoms with E-state index in [1.54, 1.807) is 6.92 Å². The summed E-state index contributed by atoms with van der Waals surface area (Å²) in [5.41, 5.74) is 3.49. The van der Waals surface area contributed by atoms with Crippen LogP contribution in [0, 0.1) is 6.92 Å². The van der Waals surface area contributed by atoms with Crippen LogP contribution in [0.25, 0.3) is 0 Å². The van der Waals surface area contributed by atoms with Crippen molar-refractivity contribution in [2.45, 2.75) is 45.7 Å². The summed E-state index contributed by atoms with van der Waals surface area (Å²) in [5.74, 6) is 0.610. The van der Waals surface area contributed by atoms with Crippen LogP contribution in [0.3, 0.4) is 0 Å². The van der Waals surface area contributed by atoms with Gasteiger partial charge in [0.25, 0.3) is 5.91 Å². The minimum Gasteiger partial charge on any atom is -0.361 e. The Hall–Kier alpha value is -2.21. The first-order chi connectivity index (χ1) is 12.0. The molecule has 1 aliphatic rings. The van der Waals surface area contributed by atoms with Crippen molar-refractivity contribution in [3.63, 3.8) is 0 Å². The number of pyridine rings is 1. The Morgan fingerprint density at radius 1 is 1.40 bits per heavy atom. The molecule has 25 heavy (non-hydrogen) atoms. The van der Waals surface area contributed by atoms with Gasteiger partial charge in [0.05, 0.1) is 17.4 Å². The number of nitrogens with zero attached hydrogens (tertiary/aromatic N) is 4. The van der Waals surface area contributed by atoms with Crippen LogP contribution in [-0.4, -0.2) is 46.5 Å². The van der Waals surface area contributed by atoms with Gasteiger partial charge in [0.2, 0.25) is 0 Å². The monoisotopic (exact) mass is 342 g/mol. The first-order valence-corrected chi connectivity index (χ1v) is 8.87. The Bertz CT molecular complexity index is 736. The number of rotatable bonds is 5. The van der Waals surface area contributed by atoms with Gasteiger partial charge in [-0.3, -0.25) is 9.78 Å². The summed E-state index contributed by atoms with van der Waals surface area (Å²) < 4.78 is 5.24. The predicted octanol–water partition coefficient (Wildman–Crippen LogP) is 2.98. The van der Waals surface area contributed by atoms with Crippen molar-refractivity contribution in [2.75, 3.05) is 20.6 Å². The first-order valence-electron chi connectivity index (χ1n) is 8.87. The van der Waals surface area contributed by atoms with Gasteiger partial charge in [-0.15, -0.1) is 0 Å². The maximum Gasteiger partial charge on any atom is 0.259 e. The number of likely N-dealkylation sites (tertiary alicyclic amines) is 1. The fourth-order valence-electron chi connectivity index (χ4n) is 3.49. The Balaban J connectivity index is 1.82. The average molecular weight is 342 g/mol. The van der Waals surface area contributed by atoms with Crippen LogP contribution in [-0.2, 0) is 13.0 Å². The van der Waals surface area contributed by atoms with E-state index < -0.39 is 0 Å². The molecule has 0 radical (unpaired) electrons. The molecule has 0 aliphatic carbocycles. The van der Waals surface area contributed by atoms with Crippen LogP contribution in [0.1, 0.15) is 58.9 Å². The van der Waals surface area contributed by atoms with Crippen molar-refractivity contribution in [3.05, 3.63) is 46.6 Å². The molecule has 3 heterocycles. The zero-order valence-electron chi connectivity index (χ0n) is 15.5. The van der Waals surface area contributed by atoms with Gasteiger partial charge in [0, 0.05) is 19.3 Å². The molecule has 2 aromatic rings. The fraction of sp³-hybridized carbons (Fsp3) is 0.526. The van der Waals surface area contributed by atoms with Gasteiger partial charge in [-0.05, 0) is 51.9 Å². The van der Waals surface area contributed by atoms with Gasteiger partial charge in [0.15, 0.2) is 0 Å². The maximum atomic E-state index is 13.1. The van der Waals surface area contributed by atoms with Crippen LogP contribution < -0.4 is 0 Å². The lowest BCUT2D eigenvalue weighted by Gasteiger charge is -2.24. The summed E-state index contributed by atoms with van der Waals surface area (Å²) in [4.78, 5) is 21.8. The number of aryl methyl sites for hydroxylation is 2. The standard InChI is InChI=1S/C19H26N4O2/c1-5-15-18(13(2)25-21-15)19(24)23-10-6-7-17(23)16-9-8-14(11-20-16)12-22(3)4/h8-9,11,17H,5-7,10,12H2,1-4H3/t17-/m1/s1. The molecule has 134 valence electrons. The number of hydrogen-bond donors (Lipinski definition) is 0. The molecule has 3 rings (SSSR count). The molecule has 0 saturated carbocycles. The second-order valence-corrected chi connectivity index (χ2v) is 6.90. The van der Waals surface area contributed by atoms with Crippen LogP contribution in [0.2, 0.25) is 0 Å². The summed E-state index contributed by atoms with van der Waals surface area (Å²) in [6, 6.07) is 4.18. The molecule has 0 N–H and O–H groups in total. The highest BCUT2D eigenvalue weighted by Crippen LogP contribution is 2.33. The van der Waals surface area contributed by atoms with E-state index in [1.165, 1.54) is 5.56 Å². The molecule has 1 fully saturated rings. The van der Waals surface area contributed by atoms with Gasteiger partial charge in [-0.25, -0.2) is 0 Å². The Morgan fingerprint density at radius 2 is 2.20 bits per heavy atom. The van der Waals surface area contributed by atoms with Crippen molar-refractivity contribution in [1.82, 2.24) is 19.9 Å². The molecule has 6 heteroatoms. The molecule has 0 bridgehead atoms. The highest BCUT2D eigenvalue weighted by molar-refractivity contribution is 5.96. The number of amides is 1. The molecule has 2 aromatic heterocycles. The molecule has 0 spiro atoms. The molecule has 6 nitrogen and oxygen atoms in total. The van der Waals surface area contributed by atoms with Crippen LogP contribution in [0.15, 0.2) is 22.9 Å². The molecule has 1 amide bonds. The number of aromatic nitrogens is 2. The van der Waals surface area contributed by atoms with Crippen molar-refractivity contribution in [2.24, 2.45) is 0 Å². The first kappa shape index (κ1) is 17.6. The third-order valence-corrected chi connectivity index (χ3v) is 4.68. The molecule has 1 saturated heterocycles. The lowest BCUT2D eigenvalue weighted by atomic mass is 10.1. The molecular weight excluding hydrogens is 316 g/mol. The maximum absolute atomic E-state index is 13.1. The van der Waals surface area contributed by atoms with Crippen molar-refractivity contribution in [3.8, 4) is 0 Å². The lowest BCUT2D eigenvalue weighted by molar-refractivity contribution is 0.0730. The van der Waals surface area contributed by atoms with Crippen molar-refractivity contribution < 1.29 is 9.32 Å². The lowest BCUT2D eigenvalue weighted by Crippen LogP contribution is -2.31. The Labute approximate surface area is 148 Å². The molecular formula is C19H26N4O2. The van der Waals surface area contributed by atoms with Crippen LogP contribution in [0.5, 0.6) is 0 Å².